The Labute approximate surface area is 227 Å². The third-order valence-corrected chi connectivity index (χ3v) is 5.66. The highest BCUT2D eigenvalue weighted by Crippen LogP contribution is 2.30. The van der Waals surface area contributed by atoms with E-state index in [2.05, 4.69) is 30.0 Å². The minimum absolute atomic E-state index is 0.0396. The molecule has 13 heteroatoms. The van der Waals surface area contributed by atoms with E-state index in [1.807, 2.05) is 0 Å². The molecule has 0 aliphatic heterocycles. The molecule has 0 aliphatic rings. The second-order valence-electron chi connectivity index (χ2n) is 8.08. The molecule has 0 bridgehead atoms. The fourth-order valence-corrected chi connectivity index (χ4v) is 3.69. The first-order valence-electron chi connectivity index (χ1n) is 11.8. The summed E-state index contributed by atoms with van der Waals surface area (Å²) in [5.41, 5.74) is -0.577. The van der Waals surface area contributed by atoms with Crippen LogP contribution in [0.2, 0.25) is 0 Å². The summed E-state index contributed by atoms with van der Waals surface area (Å²) in [5, 5.41) is 2.81. The van der Waals surface area contributed by atoms with Crippen LogP contribution in [-0.4, -0.2) is 53.8 Å². The van der Waals surface area contributed by atoms with Gasteiger partial charge < -0.3 is 24.3 Å². The summed E-state index contributed by atoms with van der Waals surface area (Å²) >= 11 is 0. The van der Waals surface area contributed by atoms with Crippen molar-refractivity contribution >= 4 is 11.8 Å². The zero-order valence-electron chi connectivity index (χ0n) is 21.9. The van der Waals surface area contributed by atoms with E-state index >= 15 is 4.39 Å². The molecule has 4 rings (SSSR count). The van der Waals surface area contributed by atoms with Gasteiger partial charge in [-0.15, -0.1) is 0 Å². The molecule has 0 fully saturated rings. The van der Waals surface area contributed by atoms with Crippen LogP contribution >= 0.6 is 0 Å². The maximum absolute atomic E-state index is 15.4. The predicted octanol–water partition coefficient (Wildman–Crippen LogP) is 4.83. The van der Waals surface area contributed by atoms with E-state index in [0.29, 0.717) is 17.1 Å². The number of anilines is 1. The second-order valence-corrected chi connectivity index (χ2v) is 8.08. The van der Waals surface area contributed by atoms with Crippen molar-refractivity contribution in [3.8, 4) is 40.0 Å². The number of hydrogen-bond acceptors (Lipinski definition) is 10. The van der Waals surface area contributed by atoms with Gasteiger partial charge in [-0.05, 0) is 31.2 Å². The minimum atomic E-state index is -1.12. The van der Waals surface area contributed by atoms with Gasteiger partial charge in [-0.1, -0.05) is 0 Å². The highest BCUT2D eigenvalue weighted by Gasteiger charge is 2.23. The Morgan fingerprint density at radius 1 is 0.950 bits per heavy atom. The van der Waals surface area contributed by atoms with E-state index in [0.717, 1.165) is 25.4 Å². The minimum Gasteiger partial charge on any atom is -0.497 e. The van der Waals surface area contributed by atoms with Crippen LogP contribution in [0.3, 0.4) is 0 Å². The van der Waals surface area contributed by atoms with Gasteiger partial charge in [-0.3, -0.25) is 0 Å². The Balaban J connectivity index is 1.69. The molecule has 1 N–H and O–H groups in total. The molecule has 0 saturated carbocycles. The molecule has 0 unspecified atom stereocenters. The van der Waals surface area contributed by atoms with Crippen molar-refractivity contribution in [1.82, 2.24) is 19.9 Å². The number of aromatic nitrogens is 4. The predicted molar refractivity (Wildman–Crippen MR) is 138 cm³/mol. The van der Waals surface area contributed by atoms with Crippen molar-refractivity contribution in [2.45, 2.75) is 13.5 Å². The van der Waals surface area contributed by atoms with E-state index in [1.54, 1.807) is 25.1 Å². The van der Waals surface area contributed by atoms with Gasteiger partial charge in [0.05, 0.1) is 45.4 Å². The lowest BCUT2D eigenvalue weighted by Gasteiger charge is -2.13. The second kappa shape index (κ2) is 12.3. The highest BCUT2D eigenvalue weighted by molar-refractivity contribution is 5.92. The van der Waals surface area contributed by atoms with Crippen molar-refractivity contribution < 1.29 is 36.9 Å². The molecule has 0 saturated heterocycles. The van der Waals surface area contributed by atoms with Gasteiger partial charge >= 0.3 is 5.97 Å². The molecule has 4 aromatic rings. The zero-order valence-corrected chi connectivity index (χ0v) is 21.9. The van der Waals surface area contributed by atoms with Crippen LogP contribution < -0.4 is 19.5 Å². The van der Waals surface area contributed by atoms with Crippen LogP contribution in [0.4, 0.5) is 19.0 Å². The number of carbonyl (C=O) groups excluding carboxylic acids is 1. The third-order valence-electron chi connectivity index (χ3n) is 5.66. The molecule has 3 aromatic heterocycles. The first-order chi connectivity index (χ1) is 19.3. The van der Waals surface area contributed by atoms with Crippen LogP contribution in [0.1, 0.15) is 22.8 Å². The van der Waals surface area contributed by atoms with Gasteiger partial charge in [-0.2, -0.15) is 4.39 Å². The van der Waals surface area contributed by atoms with Crippen LogP contribution in [0.25, 0.3) is 22.6 Å². The van der Waals surface area contributed by atoms with Gasteiger partial charge in [0.2, 0.25) is 5.88 Å². The Kier molecular flexibility index (Phi) is 8.62. The number of nitrogens with one attached hydrogen (secondary N) is 1. The summed E-state index contributed by atoms with van der Waals surface area (Å²) in [5.74, 6) is -3.34. The summed E-state index contributed by atoms with van der Waals surface area (Å²) in [7, 11) is 4.08. The average Bonchev–Trinajstić information content (AvgIpc) is 2.97. The Morgan fingerprint density at radius 2 is 1.75 bits per heavy atom. The maximum atomic E-state index is 15.4. The number of benzene rings is 1. The average molecular weight is 556 g/mol. The van der Waals surface area contributed by atoms with Gasteiger partial charge in [-0.25, -0.2) is 33.5 Å². The van der Waals surface area contributed by atoms with E-state index in [4.69, 9.17) is 14.2 Å². The van der Waals surface area contributed by atoms with Gasteiger partial charge in [0, 0.05) is 29.9 Å². The standard InChI is InChI=1S/C27H24F3N5O5/c1-5-40-26-18(28)8-15(12-33-26)19-10-17(27(36)39-4)22(29)23(34-19)20-13-32-25(24(30)35-20)31-11-14-6-7-16(37-2)9-21(14)38-3/h6-10,12-13H,5,11H2,1-4H3,(H,31,32). The molecular formula is C27H24F3N5O5. The van der Waals surface area contributed by atoms with Crippen molar-refractivity contribution in [1.29, 1.82) is 0 Å². The molecular weight excluding hydrogens is 531 g/mol. The van der Waals surface area contributed by atoms with Crippen molar-refractivity contribution in [2.75, 3.05) is 33.3 Å². The van der Waals surface area contributed by atoms with Crippen LogP contribution in [0.5, 0.6) is 17.4 Å². The first kappa shape index (κ1) is 28.1. The molecule has 0 amide bonds. The number of pyridine rings is 2. The molecule has 0 spiro atoms. The lowest BCUT2D eigenvalue weighted by molar-refractivity contribution is 0.0595. The lowest BCUT2D eigenvalue weighted by Crippen LogP contribution is -2.10. The van der Waals surface area contributed by atoms with Crippen molar-refractivity contribution in [2.24, 2.45) is 0 Å². The summed E-state index contributed by atoms with van der Waals surface area (Å²) < 4.78 is 65.1. The number of nitrogens with zero attached hydrogens (tertiary/aromatic N) is 4. The summed E-state index contributed by atoms with van der Waals surface area (Å²) in [6.45, 7) is 1.99. The number of halogens is 3. The summed E-state index contributed by atoms with van der Waals surface area (Å²) in [4.78, 5) is 28.2. The van der Waals surface area contributed by atoms with Crippen LogP contribution in [0.15, 0.2) is 42.7 Å². The SMILES string of the molecule is CCOc1ncc(-c2cc(C(=O)OC)c(F)c(-c3cnc(NCc4ccc(OC)cc4OC)c(F)n3)n2)cc1F. The first-order valence-corrected chi connectivity index (χ1v) is 11.8. The molecule has 0 atom stereocenters. The summed E-state index contributed by atoms with van der Waals surface area (Å²) in [6.07, 6.45) is 2.33. The smallest absolute Gasteiger partial charge is 0.341 e. The molecule has 1 aromatic carbocycles. The molecule has 10 nitrogen and oxygen atoms in total. The Hall–Kier alpha value is -4.94. The van der Waals surface area contributed by atoms with E-state index in [-0.39, 0.29) is 41.8 Å². The molecule has 40 heavy (non-hydrogen) atoms. The molecule has 0 radical (unpaired) electrons. The van der Waals surface area contributed by atoms with Crippen LogP contribution in [-0.2, 0) is 11.3 Å². The number of carbonyl (C=O) groups is 1. The van der Waals surface area contributed by atoms with E-state index in [9.17, 15) is 13.6 Å². The zero-order chi connectivity index (χ0) is 28.8. The van der Waals surface area contributed by atoms with Gasteiger partial charge in [0.1, 0.15) is 22.9 Å². The topological polar surface area (TPSA) is 118 Å². The largest absolute Gasteiger partial charge is 0.497 e. The molecule has 0 aliphatic carbocycles. The monoisotopic (exact) mass is 555 g/mol. The number of rotatable bonds is 10. The van der Waals surface area contributed by atoms with Gasteiger partial charge in [0.15, 0.2) is 17.5 Å². The van der Waals surface area contributed by atoms with Crippen molar-refractivity contribution in [3.63, 3.8) is 0 Å². The number of methoxy groups -OCH3 is 3. The van der Waals surface area contributed by atoms with Gasteiger partial charge in [0.25, 0.3) is 5.95 Å². The maximum Gasteiger partial charge on any atom is 0.341 e. The molecule has 208 valence electrons. The number of hydrogen-bond donors (Lipinski definition) is 1. The lowest BCUT2D eigenvalue weighted by atomic mass is 10.1. The Bertz CT molecular complexity index is 1550. The normalized spacial score (nSPS) is 10.7. The third kappa shape index (κ3) is 5.87. The number of esters is 1. The fraction of sp³-hybridized carbons (Fsp3) is 0.222. The summed E-state index contributed by atoms with van der Waals surface area (Å²) in [6, 6.07) is 7.27. The fourth-order valence-electron chi connectivity index (χ4n) is 3.69. The van der Waals surface area contributed by atoms with E-state index < -0.39 is 34.8 Å². The quantitative estimate of drug-likeness (QED) is 0.273. The van der Waals surface area contributed by atoms with Crippen molar-refractivity contribution in [3.05, 3.63) is 71.4 Å². The number of ether oxygens (including phenoxy) is 4. The highest BCUT2D eigenvalue weighted by atomic mass is 19.1. The van der Waals surface area contributed by atoms with E-state index in [1.165, 1.54) is 20.4 Å². The van der Waals surface area contributed by atoms with Crippen LogP contribution in [0, 0.1) is 17.6 Å². The Morgan fingerprint density at radius 3 is 2.40 bits per heavy atom. The molecule has 3 heterocycles.